The van der Waals surface area contributed by atoms with E-state index in [1.165, 1.54) is 21.9 Å². The van der Waals surface area contributed by atoms with E-state index in [2.05, 4.69) is 4.98 Å². The number of aromatic nitrogens is 2. The van der Waals surface area contributed by atoms with Gasteiger partial charge in [0.25, 0.3) is 5.91 Å². The van der Waals surface area contributed by atoms with Gasteiger partial charge in [0, 0.05) is 37.7 Å². The molecular formula is C21H27FN4O4. The summed E-state index contributed by atoms with van der Waals surface area (Å²) in [6, 6.07) is 4.50. The number of ether oxygens (including phenoxy) is 1. The lowest BCUT2D eigenvalue weighted by molar-refractivity contribution is -0.128. The van der Waals surface area contributed by atoms with Gasteiger partial charge in [0.05, 0.1) is 12.2 Å². The Bertz CT molecular complexity index is 937. The predicted molar refractivity (Wildman–Crippen MR) is 109 cm³/mol. The number of hydrogen-bond acceptors (Lipinski definition) is 5. The number of anilines is 1. The highest BCUT2D eigenvalue weighted by atomic mass is 19.1. The molecule has 1 aliphatic rings. The lowest BCUT2D eigenvalue weighted by atomic mass is 10.1. The monoisotopic (exact) mass is 418 g/mol. The molecule has 0 saturated carbocycles. The fourth-order valence-electron chi connectivity index (χ4n) is 3.26. The van der Waals surface area contributed by atoms with Crippen molar-refractivity contribution in [2.75, 3.05) is 18.5 Å². The van der Waals surface area contributed by atoms with Crippen LogP contribution in [0.2, 0.25) is 0 Å². The van der Waals surface area contributed by atoms with E-state index in [0.29, 0.717) is 30.9 Å². The molecule has 3 rings (SSSR count). The van der Waals surface area contributed by atoms with E-state index < -0.39 is 29.5 Å². The van der Waals surface area contributed by atoms with Crippen LogP contribution >= 0.6 is 0 Å². The lowest BCUT2D eigenvalue weighted by Crippen LogP contribution is -2.44. The minimum Gasteiger partial charge on any atom is -0.444 e. The number of imidazole rings is 1. The molecule has 1 aromatic carbocycles. The zero-order valence-electron chi connectivity index (χ0n) is 17.6. The minimum absolute atomic E-state index is 0.134. The first-order valence-electron chi connectivity index (χ1n) is 9.82. The number of carbonyl (C=O) groups is 2. The molecule has 0 aliphatic carbocycles. The Balaban J connectivity index is 1.80. The number of rotatable bonds is 4. The Hall–Kier alpha value is -2.94. The van der Waals surface area contributed by atoms with Crippen molar-refractivity contribution in [1.29, 1.82) is 0 Å². The first kappa shape index (κ1) is 21.8. The molecule has 2 heterocycles. The van der Waals surface area contributed by atoms with E-state index in [-0.39, 0.29) is 12.2 Å². The van der Waals surface area contributed by atoms with Gasteiger partial charge in [-0.05, 0) is 45.7 Å². The summed E-state index contributed by atoms with van der Waals surface area (Å²) < 4.78 is 21.9. The van der Waals surface area contributed by atoms with Gasteiger partial charge in [-0.25, -0.2) is 14.2 Å². The highest BCUT2D eigenvalue weighted by molar-refractivity contribution is 5.97. The van der Waals surface area contributed by atoms with Crippen LogP contribution in [-0.2, 0) is 16.1 Å². The first-order chi connectivity index (χ1) is 14.1. The molecule has 30 heavy (non-hydrogen) atoms. The second kappa shape index (κ2) is 8.43. The molecular weight excluding hydrogens is 391 g/mol. The summed E-state index contributed by atoms with van der Waals surface area (Å²) in [6.45, 7) is 5.90. The Morgan fingerprint density at radius 3 is 2.80 bits per heavy atom. The fourth-order valence-corrected chi connectivity index (χ4v) is 3.26. The van der Waals surface area contributed by atoms with E-state index in [1.54, 1.807) is 50.8 Å². The fraction of sp³-hybridized carbons (Fsp3) is 0.476. The largest absolute Gasteiger partial charge is 0.444 e. The third-order valence-corrected chi connectivity index (χ3v) is 4.71. The van der Waals surface area contributed by atoms with Gasteiger partial charge in [0.15, 0.2) is 0 Å². The van der Waals surface area contributed by atoms with Gasteiger partial charge >= 0.3 is 6.09 Å². The molecule has 1 saturated heterocycles. The molecule has 1 aliphatic heterocycles. The summed E-state index contributed by atoms with van der Waals surface area (Å²) in [5.41, 5.74) is 0.0283. The van der Waals surface area contributed by atoms with Crippen LogP contribution in [-0.4, -0.2) is 56.9 Å². The third kappa shape index (κ3) is 4.79. The maximum atomic E-state index is 14.8. The number of amides is 2. The van der Waals surface area contributed by atoms with Crippen LogP contribution in [0.3, 0.4) is 0 Å². The van der Waals surface area contributed by atoms with Gasteiger partial charge in [-0.2, -0.15) is 0 Å². The van der Waals surface area contributed by atoms with Crippen molar-refractivity contribution >= 4 is 17.7 Å². The topological polar surface area (TPSA) is 87.9 Å². The molecule has 1 aromatic heterocycles. The zero-order valence-corrected chi connectivity index (χ0v) is 17.6. The van der Waals surface area contributed by atoms with Crippen molar-refractivity contribution in [3.8, 4) is 5.69 Å². The molecule has 1 N–H and O–H groups in total. The molecule has 0 bridgehead atoms. The van der Waals surface area contributed by atoms with Crippen LogP contribution in [0.1, 0.15) is 39.4 Å². The van der Waals surface area contributed by atoms with Gasteiger partial charge in [-0.3, -0.25) is 4.79 Å². The van der Waals surface area contributed by atoms with Crippen molar-refractivity contribution in [3.63, 3.8) is 0 Å². The maximum Gasteiger partial charge on any atom is 0.410 e. The van der Waals surface area contributed by atoms with Crippen LogP contribution < -0.4 is 4.90 Å². The van der Waals surface area contributed by atoms with Gasteiger partial charge in [0.2, 0.25) is 0 Å². The number of halogens is 1. The number of carbonyl (C=O) groups excluding carboxylic acids is 2. The average molecular weight is 418 g/mol. The molecule has 1 atom stereocenters. The van der Waals surface area contributed by atoms with E-state index in [4.69, 9.17) is 4.74 Å². The van der Waals surface area contributed by atoms with Crippen LogP contribution in [0.4, 0.5) is 14.9 Å². The Morgan fingerprint density at radius 2 is 2.13 bits per heavy atom. The second-order valence-electron chi connectivity index (χ2n) is 8.33. The van der Waals surface area contributed by atoms with Crippen molar-refractivity contribution in [1.82, 2.24) is 14.5 Å². The number of benzene rings is 1. The Labute approximate surface area is 174 Å². The van der Waals surface area contributed by atoms with Crippen molar-refractivity contribution in [3.05, 3.63) is 42.2 Å². The summed E-state index contributed by atoms with van der Waals surface area (Å²) in [6.07, 6.45) is 2.65. The number of nitrogens with zero attached hydrogens (tertiary/aromatic N) is 4. The lowest BCUT2D eigenvalue weighted by Gasteiger charge is -2.30. The van der Waals surface area contributed by atoms with E-state index in [9.17, 15) is 19.1 Å². The van der Waals surface area contributed by atoms with Crippen LogP contribution in [0.15, 0.2) is 30.6 Å². The van der Waals surface area contributed by atoms with Crippen LogP contribution in [0.5, 0.6) is 0 Å². The molecule has 1 fully saturated rings. The molecule has 9 heteroatoms. The summed E-state index contributed by atoms with van der Waals surface area (Å²) in [4.78, 5) is 31.3. The van der Waals surface area contributed by atoms with Crippen LogP contribution in [0.25, 0.3) is 5.69 Å². The maximum absolute atomic E-state index is 14.8. The van der Waals surface area contributed by atoms with Crippen molar-refractivity contribution in [2.24, 2.45) is 0 Å². The Morgan fingerprint density at radius 1 is 1.40 bits per heavy atom. The minimum atomic E-state index is -1.10. The van der Waals surface area contributed by atoms with Gasteiger partial charge in [-0.15, -0.1) is 0 Å². The first-order valence-corrected chi connectivity index (χ1v) is 9.82. The smallest absolute Gasteiger partial charge is 0.410 e. The van der Waals surface area contributed by atoms with Crippen molar-refractivity contribution in [2.45, 2.75) is 51.9 Å². The van der Waals surface area contributed by atoms with Gasteiger partial charge in [0.1, 0.15) is 23.3 Å². The number of aliphatic hydroxyl groups excluding tert-OH is 1. The van der Waals surface area contributed by atoms with E-state index >= 15 is 0 Å². The zero-order chi connectivity index (χ0) is 22.1. The molecule has 8 nitrogen and oxygen atoms in total. The highest BCUT2D eigenvalue weighted by Crippen LogP contribution is 2.27. The molecule has 162 valence electrons. The average Bonchev–Trinajstić information content (AvgIpc) is 3.11. The quantitative estimate of drug-likeness (QED) is 0.825. The molecule has 0 radical (unpaired) electrons. The predicted octanol–water partition coefficient (Wildman–Crippen LogP) is 2.87. The molecule has 2 aromatic rings. The third-order valence-electron chi connectivity index (χ3n) is 4.71. The van der Waals surface area contributed by atoms with Crippen LogP contribution in [0, 0.1) is 5.82 Å². The summed E-state index contributed by atoms with van der Waals surface area (Å²) in [5, 5.41) is 9.77. The number of hydrogen-bond donors (Lipinski definition) is 1. The summed E-state index contributed by atoms with van der Waals surface area (Å²) in [7, 11) is 1.60. The Kier molecular flexibility index (Phi) is 6.12. The summed E-state index contributed by atoms with van der Waals surface area (Å²) >= 11 is 0. The van der Waals surface area contributed by atoms with E-state index in [1.807, 2.05) is 0 Å². The SMILES string of the molecule is CN(Cc1nccn1-c1ccc(N2CCCC(O)C2=O)c(F)c1)C(=O)OC(C)(C)C. The number of piperidine rings is 1. The van der Waals surface area contributed by atoms with E-state index in [0.717, 1.165) is 0 Å². The van der Waals surface area contributed by atoms with Crippen molar-refractivity contribution < 1.29 is 23.8 Å². The van der Waals surface area contributed by atoms with Gasteiger partial charge < -0.3 is 24.2 Å². The normalized spacial score (nSPS) is 17.2. The number of aliphatic hydroxyl groups is 1. The second-order valence-corrected chi connectivity index (χ2v) is 8.33. The van der Waals surface area contributed by atoms with Gasteiger partial charge in [-0.1, -0.05) is 0 Å². The standard InChI is InChI=1S/C21H27FN4O4/c1-21(2,3)30-20(29)24(4)13-18-23-9-11-25(18)14-7-8-16(15(22)12-14)26-10-5-6-17(27)19(26)28/h7-9,11-12,17,27H,5-6,10,13H2,1-4H3. The summed E-state index contributed by atoms with van der Waals surface area (Å²) in [5.74, 6) is -0.537. The molecule has 0 spiro atoms. The molecule has 2 amide bonds. The highest BCUT2D eigenvalue weighted by Gasteiger charge is 2.29. The molecule has 1 unspecified atom stereocenters.